The normalized spacial score (nSPS) is 15.6. The highest BCUT2D eigenvalue weighted by Gasteiger charge is 2.28. The summed E-state index contributed by atoms with van der Waals surface area (Å²) < 4.78 is 32.3. The molecule has 3 aromatic rings. The molecule has 1 aliphatic rings. The molecule has 1 aliphatic heterocycles. The topological polar surface area (TPSA) is 118 Å². The van der Waals surface area contributed by atoms with Crippen LogP contribution in [0.4, 0.5) is 0 Å². The number of benzene rings is 1. The zero-order valence-electron chi connectivity index (χ0n) is 17.1. The second-order valence-electron chi connectivity index (χ2n) is 7.58. The fraction of sp³-hybridized carbons (Fsp3) is 0.333. The number of rotatable bonds is 6. The molecule has 2 aromatic heterocycles. The number of carbonyl (C=O) groups excluding carboxylic acids is 1. The number of piperidine rings is 1. The molecule has 10 heteroatoms. The summed E-state index contributed by atoms with van der Waals surface area (Å²) >= 11 is 0. The quantitative estimate of drug-likeness (QED) is 0.624. The maximum atomic E-state index is 12.8. The summed E-state index contributed by atoms with van der Waals surface area (Å²) in [5.74, 6) is 0.0873. The van der Waals surface area contributed by atoms with E-state index in [1.165, 1.54) is 16.4 Å². The van der Waals surface area contributed by atoms with Gasteiger partial charge in [0.2, 0.25) is 15.8 Å². The van der Waals surface area contributed by atoms with Gasteiger partial charge in [-0.05, 0) is 54.7 Å². The van der Waals surface area contributed by atoms with E-state index < -0.39 is 15.9 Å². The number of nitrogens with zero attached hydrogens (tertiary/aromatic N) is 4. The number of carbonyl (C=O) groups is 1. The van der Waals surface area contributed by atoms with Gasteiger partial charge in [0.15, 0.2) is 0 Å². The molecular formula is C21H23N5O4S. The molecule has 1 fully saturated rings. The molecule has 0 spiro atoms. The first-order valence-corrected chi connectivity index (χ1v) is 11.5. The van der Waals surface area contributed by atoms with Crippen LogP contribution in [0.25, 0.3) is 11.4 Å². The summed E-state index contributed by atoms with van der Waals surface area (Å²) in [6, 6.07) is 9.90. The van der Waals surface area contributed by atoms with Crippen LogP contribution in [0.15, 0.2) is 58.2 Å². The molecular weight excluding hydrogens is 418 g/mol. The zero-order valence-corrected chi connectivity index (χ0v) is 17.9. The summed E-state index contributed by atoms with van der Waals surface area (Å²) in [6.07, 6.45) is 5.04. The van der Waals surface area contributed by atoms with E-state index in [2.05, 4.69) is 27.4 Å². The Balaban J connectivity index is 1.42. The highest BCUT2D eigenvalue weighted by Crippen LogP contribution is 2.25. The van der Waals surface area contributed by atoms with Gasteiger partial charge >= 0.3 is 11.8 Å². The van der Waals surface area contributed by atoms with E-state index >= 15 is 0 Å². The zero-order chi connectivity index (χ0) is 21.8. The molecule has 0 radical (unpaired) electrons. The fourth-order valence-corrected chi connectivity index (χ4v) is 4.81. The molecule has 1 N–H and O–H groups in total. The van der Waals surface area contributed by atoms with Crippen molar-refractivity contribution in [1.29, 1.82) is 0 Å². The van der Waals surface area contributed by atoms with Crippen molar-refractivity contribution in [3.05, 3.63) is 60.2 Å². The molecule has 0 saturated carbocycles. The molecule has 4 rings (SSSR count). The second kappa shape index (κ2) is 8.94. The predicted octanol–water partition coefficient (Wildman–Crippen LogP) is 2.48. The van der Waals surface area contributed by atoms with Crippen LogP contribution in [0.2, 0.25) is 0 Å². The van der Waals surface area contributed by atoms with Gasteiger partial charge in [-0.3, -0.25) is 9.78 Å². The summed E-state index contributed by atoms with van der Waals surface area (Å²) in [7, 11) is -3.53. The van der Waals surface area contributed by atoms with Crippen LogP contribution in [0.5, 0.6) is 0 Å². The summed E-state index contributed by atoms with van der Waals surface area (Å²) in [5, 5.41) is 6.52. The standard InChI is InChI=1S/C21H23N5O4S/c1-15-8-11-26(12-9-15)31(28,29)18-6-4-17(5-7-18)19-24-21(30-25-19)20(27)23-14-16-3-2-10-22-13-16/h2-7,10,13,15H,8-9,11-12,14H2,1H3,(H,23,27). The molecule has 0 unspecified atom stereocenters. The smallest absolute Gasteiger partial charge is 0.316 e. The first-order chi connectivity index (χ1) is 14.9. The van der Waals surface area contributed by atoms with Gasteiger partial charge in [-0.2, -0.15) is 9.29 Å². The first kappa shape index (κ1) is 21.1. The molecule has 9 nitrogen and oxygen atoms in total. The lowest BCUT2D eigenvalue weighted by atomic mass is 10.0. The van der Waals surface area contributed by atoms with E-state index in [4.69, 9.17) is 4.52 Å². The number of aromatic nitrogens is 3. The van der Waals surface area contributed by atoms with Gasteiger partial charge < -0.3 is 9.84 Å². The highest BCUT2D eigenvalue weighted by atomic mass is 32.2. The Morgan fingerprint density at radius 3 is 2.61 bits per heavy atom. The SMILES string of the molecule is CC1CCN(S(=O)(=O)c2ccc(-c3noc(C(=O)NCc4cccnc4)n3)cc2)CC1. The number of amides is 1. The Morgan fingerprint density at radius 1 is 1.19 bits per heavy atom. The molecule has 0 atom stereocenters. The Morgan fingerprint density at radius 2 is 1.94 bits per heavy atom. The van der Waals surface area contributed by atoms with Gasteiger partial charge in [0.05, 0.1) is 4.90 Å². The maximum absolute atomic E-state index is 12.8. The largest absolute Gasteiger partial charge is 0.344 e. The van der Waals surface area contributed by atoms with Crippen molar-refractivity contribution in [1.82, 2.24) is 24.7 Å². The lowest BCUT2D eigenvalue weighted by molar-refractivity contribution is 0.0907. The molecule has 1 aromatic carbocycles. The van der Waals surface area contributed by atoms with Gasteiger partial charge in [0.1, 0.15) is 0 Å². The number of sulfonamides is 1. The van der Waals surface area contributed by atoms with Crippen LogP contribution >= 0.6 is 0 Å². The third-order valence-corrected chi connectivity index (χ3v) is 7.20. The minimum absolute atomic E-state index is 0.168. The Labute approximate surface area is 180 Å². The number of hydrogen-bond donors (Lipinski definition) is 1. The maximum Gasteiger partial charge on any atom is 0.316 e. The molecule has 162 valence electrons. The van der Waals surface area contributed by atoms with E-state index in [1.807, 2.05) is 6.07 Å². The average Bonchev–Trinajstić information content (AvgIpc) is 3.29. The first-order valence-electron chi connectivity index (χ1n) is 10.0. The van der Waals surface area contributed by atoms with Crippen molar-refractivity contribution in [3.63, 3.8) is 0 Å². The second-order valence-corrected chi connectivity index (χ2v) is 9.52. The third kappa shape index (κ3) is 4.80. The molecule has 3 heterocycles. The van der Waals surface area contributed by atoms with Crippen molar-refractivity contribution < 1.29 is 17.7 Å². The van der Waals surface area contributed by atoms with Crippen LogP contribution in [0.1, 0.15) is 36.0 Å². The van der Waals surface area contributed by atoms with Crippen molar-refractivity contribution in [2.45, 2.75) is 31.2 Å². The van der Waals surface area contributed by atoms with Crippen LogP contribution in [0, 0.1) is 5.92 Å². The lowest BCUT2D eigenvalue weighted by Gasteiger charge is -2.29. The van der Waals surface area contributed by atoms with Gasteiger partial charge in [0, 0.05) is 37.6 Å². The Bertz CT molecular complexity index is 1140. The van der Waals surface area contributed by atoms with Crippen molar-refractivity contribution in [2.24, 2.45) is 5.92 Å². The van der Waals surface area contributed by atoms with Crippen molar-refractivity contribution in [3.8, 4) is 11.4 Å². The van der Waals surface area contributed by atoms with Crippen LogP contribution in [-0.2, 0) is 16.6 Å². The fourth-order valence-electron chi connectivity index (χ4n) is 3.34. The van der Waals surface area contributed by atoms with Gasteiger partial charge in [0.25, 0.3) is 0 Å². The summed E-state index contributed by atoms with van der Waals surface area (Å²) in [4.78, 5) is 20.6. The van der Waals surface area contributed by atoms with E-state index in [-0.39, 0.29) is 23.2 Å². The number of hydrogen-bond acceptors (Lipinski definition) is 7. The third-order valence-electron chi connectivity index (χ3n) is 5.29. The van der Waals surface area contributed by atoms with E-state index in [9.17, 15) is 13.2 Å². The monoisotopic (exact) mass is 441 g/mol. The summed E-state index contributed by atoms with van der Waals surface area (Å²) in [6.45, 7) is 3.49. The van der Waals surface area contributed by atoms with E-state index in [0.29, 0.717) is 24.6 Å². The van der Waals surface area contributed by atoms with Crippen LogP contribution in [-0.4, -0.2) is 46.8 Å². The molecule has 1 saturated heterocycles. The van der Waals surface area contributed by atoms with E-state index in [0.717, 1.165) is 18.4 Å². The number of nitrogens with one attached hydrogen (secondary N) is 1. The Kier molecular flexibility index (Phi) is 6.10. The molecule has 31 heavy (non-hydrogen) atoms. The van der Waals surface area contributed by atoms with Crippen LogP contribution < -0.4 is 5.32 Å². The van der Waals surface area contributed by atoms with Gasteiger partial charge in [-0.15, -0.1) is 0 Å². The lowest BCUT2D eigenvalue weighted by Crippen LogP contribution is -2.37. The molecule has 1 amide bonds. The van der Waals surface area contributed by atoms with E-state index in [1.54, 1.807) is 30.6 Å². The minimum Gasteiger partial charge on any atom is -0.344 e. The Hall–Kier alpha value is -3.11. The number of pyridine rings is 1. The van der Waals surface area contributed by atoms with Gasteiger partial charge in [-0.25, -0.2) is 8.42 Å². The predicted molar refractivity (Wildman–Crippen MR) is 112 cm³/mol. The molecule has 0 bridgehead atoms. The minimum atomic E-state index is -3.53. The molecule has 0 aliphatic carbocycles. The highest BCUT2D eigenvalue weighted by molar-refractivity contribution is 7.89. The van der Waals surface area contributed by atoms with Crippen molar-refractivity contribution >= 4 is 15.9 Å². The van der Waals surface area contributed by atoms with Crippen LogP contribution in [0.3, 0.4) is 0 Å². The van der Waals surface area contributed by atoms with Crippen molar-refractivity contribution in [2.75, 3.05) is 13.1 Å². The van der Waals surface area contributed by atoms with Gasteiger partial charge in [-0.1, -0.05) is 18.1 Å². The summed E-state index contributed by atoms with van der Waals surface area (Å²) in [5.41, 5.74) is 1.40. The average molecular weight is 442 g/mol.